The van der Waals surface area contributed by atoms with Gasteiger partial charge >= 0.3 is 5.97 Å². The average molecular weight is 237 g/mol. The van der Waals surface area contributed by atoms with E-state index in [-0.39, 0.29) is 17.3 Å². The van der Waals surface area contributed by atoms with Gasteiger partial charge in [-0.15, -0.1) is 0 Å². The van der Waals surface area contributed by atoms with Gasteiger partial charge in [0.2, 0.25) is 0 Å². The zero-order valence-corrected chi connectivity index (χ0v) is 10.2. The van der Waals surface area contributed by atoms with Gasteiger partial charge in [-0.2, -0.15) is 0 Å². The third-order valence-electron chi connectivity index (χ3n) is 2.49. The summed E-state index contributed by atoms with van der Waals surface area (Å²) in [6.07, 6.45) is 7.27. The summed E-state index contributed by atoms with van der Waals surface area (Å²) in [7, 11) is 0. The Labute approximate surface area is 101 Å². The lowest BCUT2D eigenvalue weighted by Gasteiger charge is -2.02. The lowest BCUT2D eigenvalue weighted by atomic mass is 10.1. The molecule has 0 spiro atoms. The van der Waals surface area contributed by atoms with Crippen LogP contribution in [0.25, 0.3) is 0 Å². The number of esters is 1. The van der Waals surface area contributed by atoms with E-state index in [0.717, 1.165) is 19.3 Å². The number of carbonyl (C=O) groups excluding carboxylic acids is 1. The molecule has 0 saturated heterocycles. The highest BCUT2D eigenvalue weighted by atomic mass is 16.5. The molecule has 1 rings (SSSR count). The molecule has 17 heavy (non-hydrogen) atoms. The fraction of sp³-hybridized carbons (Fsp3) is 0.538. The summed E-state index contributed by atoms with van der Waals surface area (Å²) in [5.41, 5.74) is -0.369. The monoisotopic (exact) mass is 237 g/mol. The molecule has 0 aliphatic rings. The average Bonchev–Trinajstić information content (AvgIpc) is 2.32. The molecule has 4 heteroatoms. The van der Waals surface area contributed by atoms with Crippen molar-refractivity contribution >= 4 is 5.97 Å². The van der Waals surface area contributed by atoms with Gasteiger partial charge < -0.3 is 9.72 Å². The van der Waals surface area contributed by atoms with Crippen molar-refractivity contribution in [2.45, 2.75) is 45.4 Å². The maximum atomic E-state index is 11.4. The Bertz CT molecular complexity index is 398. The molecular formula is C13H19NO3. The van der Waals surface area contributed by atoms with Gasteiger partial charge in [-0.05, 0) is 18.6 Å². The number of nitrogens with one attached hydrogen (secondary N) is 1. The minimum Gasteiger partial charge on any atom is -0.421 e. The number of hydrogen-bond acceptors (Lipinski definition) is 3. The Hall–Kier alpha value is -1.58. The quantitative estimate of drug-likeness (QED) is 0.586. The van der Waals surface area contributed by atoms with Gasteiger partial charge in [0.1, 0.15) is 0 Å². The van der Waals surface area contributed by atoms with Gasteiger partial charge in [-0.25, -0.2) is 0 Å². The first-order valence-electron chi connectivity index (χ1n) is 6.12. The smallest absolute Gasteiger partial charge is 0.311 e. The summed E-state index contributed by atoms with van der Waals surface area (Å²) < 4.78 is 4.97. The van der Waals surface area contributed by atoms with Gasteiger partial charge in [-0.1, -0.05) is 32.6 Å². The van der Waals surface area contributed by atoms with Gasteiger partial charge in [0.05, 0.1) is 0 Å². The normalized spacial score (nSPS) is 10.2. The van der Waals surface area contributed by atoms with Crippen LogP contribution in [0.3, 0.4) is 0 Å². The number of hydrogen-bond donors (Lipinski definition) is 1. The number of pyridine rings is 1. The molecule has 0 amide bonds. The molecule has 0 saturated carbocycles. The van der Waals surface area contributed by atoms with Crippen molar-refractivity contribution in [3.8, 4) is 5.75 Å². The third kappa shape index (κ3) is 5.33. The molecule has 1 aromatic rings. The fourth-order valence-corrected chi connectivity index (χ4v) is 1.53. The van der Waals surface area contributed by atoms with Crippen LogP contribution in [0.2, 0.25) is 0 Å². The van der Waals surface area contributed by atoms with Gasteiger partial charge in [-0.3, -0.25) is 9.59 Å². The SMILES string of the molecule is CCCCCCCC(=O)Oc1ccc[nH]c1=O. The van der Waals surface area contributed by atoms with E-state index in [9.17, 15) is 9.59 Å². The van der Waals surface area contributed by atoms with Crippen LogP contribution in [-0.4, -0.2) is 11.0 Å². The maximum Gasteiger partial charge on any atom is 0.311 e. The van der Waals surface area contributed by atoms with Gasteiger partial charge in [0.25, 0.3) is 5.56 Å². The predicted molar refractivity (Wildman–Crippen MR) is 66.1 cm³/mol. The lowest BCUT2D eigenvalue weighted by molar-refractivity contribution is -0.134. The summed E-state index contributed by atoms with van der Waals surface area (Å²) in [6.45, 7) is 2.15. The Morgan fingerprint density at radius 1 is 1.29 bits per heavy atom. The number of aromatic amines is 1. The van der Waals surface area contributed by atoms with E-state index in [4.69, 9.17) is 4.74 Å². The zero-order chi connectivity index (χ0) is 12.5. The van der Waals surface area contributed by atoms with Gasteiger partial charge in [0, 0.05) is 12.6 Å². The molecule has 4 nitrogen and oxygen atoms in total. The molecule has 0 atom stereocenters. The number of H-pyrrole nitrogens is 1. The van der Waals surface area contributed by atoms with Crippen LogP contribution in [0.4, 0.5) is 0 Å². The van der Waals surface area contributed by atoms with Crippen LogP contribution in [0, 0.1) is 0 Å². The zero-order valence-electron chi connectivity index (χ0n) is 10.2. The molecule has 0 radical (unpaired) electrons. The molecule has 0 aromatic carbocycles. The van der Waals surface area contributed by atoms with Crippen molar-refractivity contribution in [2.24, 2.45) is 0 Å². The van der Waals surface area contributed by atoms with E-state index >= 15 is 0 Å². The summed E-state index contributed by atoms with van der Waals surface area (Å²) >= 11 is 0. The fourth-order valence-electron chi connectivity index (χ4n) is 1.53. The molecule has 0 aliphatic carbocycles. The van der Waals surface area contributed by atoms with Crippen LogP contribution in [0.15, 0.2) is 23.1 Å². The summed E-state index contributed by atoms with van der Waals surface area (Å²) in [6, 6.07) is 3.12. The lowest BCUT2D eigenvalue weighted by Crippen LogP contribution is -2.15. The van der Waals surface area contributed by atoms with Crippen molar-refractivity contribution < 1.29 is 9.53 Å². The van der Waals surface area contributed by atoms with Crippen molar-refractivity contribution in [3.63, 3.8) is 0 Å². The second-order valence-corrected chi connectivity index (χ2v) is 4.00. The number of unbranched alkanes of at least 4 members (excludes halogenated alkanes) is 4. The van der Waals surface area contributed by atoms with E-state index in [2.05, 4.69) is 11.9 Å². The first-order chi connectivity index (χ1) is 8.24. The first-order valence-corrected chi connectivity index (χ1v) is 6.12. The van der Waals surface area contributed by atoms with E-state index in [1.54, 1.807) is 6.07 Å². The van der Waals surface area contributed by atoms with E-state index < -0.39 is 0 Å². The molecule has 1 heterocycles. The molecule has 1 N–H and O–H groups in total. The number of rotatable bonds is 7. The number of aromatic nitrogens is 1. The molecule has 0 unspecified atom stereocenters. The van der Waals surface area contributed by atoms with Crippen LogP contribution >= 0.6 is 0 Å². The second-order valence-electron chi connectivity index (χ2n) is 4.00. The van der Waals surface area contributed by atoms with E-state index in [1.807, 2.05) is 0 Å². The van der Waals surface area contributed by atoms with Gasteiger partial charge in [0.15, 0.2) is 5.75 Å². The van der Waals surface area contributed by atoms with E-state index in [1.165, 1.54) is 25.1 Å². The van der Waals surface area contributed by atoms with Crippen LogP contribution < -0.4 is 10.3 Å². The van der Waals surface area contributed by atoms with Crippen LogP contribution in [-0.2, 0) is 4.79 Å². The standard InChI is InChI=1S/C13H19NO3/c1-2-3-4-5-6-9-12(15)17-11-8-7-10-14-13(11)16/h7-8,10H,2-6,9H2,1H3,(H,14,16). The number of carbonyl (C=O) groups is 1. The Morgan fingerprint density at radius 3 is 2.76 bits per heavy atom. The Kier molecular flexibility index (Phi) is 6.07. The van der Waals surface area contributed by atoms with Crippen LogP contribution in [0.5, 0.6) is 5.75 Å². The molecular weight excluding hydrogens is 218 g/mol. The highest BCUT2D eigenvalue weighted by Crippen LogP contribution is 2.07. The Balaban J connectivity index is 2.26. The molecule has 94 valence electrons. The first kappa shape index (κ1) is 13.5. The largest absolute Gasteiger partial charge is 0.421 e. The van der Waals surface area contributed by atoms with Crippen molar-refractivity contribution in [1.82, 2.24) is 4.98 Å². The summed E-state index contributed by atoms with van der Waals surface area (Å²) in [5.74, 6) is -0.260. The maximum absolute atomic E-state index is 11.4. The minimum absolute atomic E-state index is 0.0751. The third-order valence-corrected chi connectivity index (χ3v) is 2.49. The molecule has 0 aliphatic heterocycles. The molecule has 0 bridgehead atoms. The van der Waals surface area contributed by atoms with Crippen molar-refractivity contribution in [1.29, 1.82) is 0 Å². The Morgan fingerprint density at radius 2 is 2.06 bits per heavy atom. The highest BCUT2D eigenvalue weighted by molar-refractivity contribution is 5.72. The highest BCUT2D eigenvalue weighted by Gasteiger charge is 2.06. The summed E-state index contributed by atoms with van der Waals surface area (Å²) in [5, 5.41) is 0. The minimum atomic E-state index is -0.369. The van der Waals surface area contributed by atoms with Crippen LogP contribution in [0.1, 0.15) is 45.4 Å². The molecule has 0 fully saturated rings. The van der Waals surface area contributed by atoms with Crippen molar-refractivity contribution in [3.05, 3.63) is 28.7 Å². The topological polar surface area (TPSA) is 59.2 Å². The van der Waals surface area contributed by atoms with E-state index in [0.29, 0.717) is 6.42 Å². The second kappa shape index (κ2) is 7.65. The van der Waals surface area contributed by atoms with Crippen molar-refractivity contribution in [2.75, 3.05) is 0 Å². The summed E-state index contributed by atoms with van der Waals surface area (Å²) in [4.78, 5) is 25.1. The number of ether oxygens (including phenoxy) is 1. The molecule has 1 aromatic heterocycles. The predicted octanol–water partition coefficient (Wildman–Crippen LogP) is 2.64.